The molecule has 7 nitrogen and oxygen atoms in total. The van der Waals surface area contributed by atoms with Gasteiger partial charge in [-0.3, -0.25) is 9.59 Å². The van der Waals surface area contributed by atoms with Crippen LogP contribution in [0.2, 0.25) is 0 Å². The van der Waals surface area contributed by atoms with Gasteiger partial charge in [0.05, 0.1) is 19.3 Å². The minimum Gasteiger partial charge on any atom is -0.399 e. The molecule has 0 aliphatic rings. The zero-order valence-corrected chi connectivity index (χ0v) is 12.2. The van der Waals surface area contributed by atoms with Crippen LogP contribution >= 0.6 is 0 Å². The Kier molecular flexibility index (Phi) is 7.20. The van der Waals surface area contributed by atoms with Crippen molar-refractivity contribution < 1.29 is 19.1 Å². The molecule has 2 amide bonds. The van der Waals surface area contributed by atoms with Crippen LogP contribution in [0.3, 0.4) is 0 Å². The number of ether oxygens (including phenoxy) is 2. The van der Waals surface area contributed by atoms with Gasteiger partial charge in [-0.2, -0.15) is 0 Å². The first-order chi connectivity index (χ1) is 10.1. The molecule has 1 aromatic rings. The fourth-order valence-corrected chi connectivity index (χ4v) is 1.58. The number of benzene rings is 1. The van der Waals surface area contributed by atoms with Gasteiger partial charge in [0.15, 0.2) is 0 Å². The summed E-state index contributed by atoms with van der Waals surface area (Å²) in [5.74, 6) is -0.623. The van der Waals surface area contributed by atoms with E-state index in [4.69, 9.17) is 15.2 Å². The molecule has 1 unspecified atom stereocenters. The van der Waals surface area contributed by atoms with Crippen LogP contribution < -0.4 is 16.4 Å². The van der Waals surface area contributed by atoms with Gasteiger partial charge in [-0.05, 0) is 24.3 Å². The topological polar surface area (TPSA) is 103 Å². The lowest BCUT2D eigenvalue weighted by atomic mass is 10.2. The molecule has 0 fully saturated rings. The number of amides is 2. The lowest BCUT2D eigenvalue weighted by Gasteiger charge is -2.15. The lowest BCUT2D eigenvalue weighted by Crippen LogP contribution is -2.41. The Labute approximate surface area is 123 Å². The first-order valence-electron chi connectivity index (χ1n) is 6.49. The minimum atomic E-state index is -0.328. The summed E-state index contributed by atoms with van der Waals surface area (Å²) in [6.07, 6.45) is -0.216. The second kappa shape index (κ2) is 8.93. The first-order valence-corrected chi connectivity index (χ1v) is 6.49. The number of anilines is 1. The normalized spacial score (nSPS) is 11.7. The van der Waals surface area contributed by atoms with Gasteiger partial charge in [0.1, 0.15) is 0 Å². The predicted octanol–water partition coefficient (Wildman–Crippen LogP) is -0.224. The van der Waals surface area contributed by atoms with Crippen LogP contribution in [-0.2, 0) is 14.3 Å². The van der Waals surface area contributed by atoms with E-state index in [2.05, 4.69) is 10.6 Å². The van der Waals surface area contributed by atoms with E-state index in [1.165, 1.54) is 0 Å². The summed E-state index contributed by atoms with van der Waals surface area (Å²) in [7, 11) is 3.10. The molecule has 0 spiro atoms. The highest BCUT2D eigenvalue weighted by Crippen LogP contribution is 2.04. The summed E-state index contributed by atoms with van der Waals surface area (Å²) in [6, 6.07) is 6.45. The van der Waals surface area contributed by atoms with E-state index < -0.39 is 0 Å². The number of rotatable bonds is 8. The molecule has 0 bridgehead atoms. The third-order valence-corrected chi connectivity index (χ3v) is 2.80. The van der Waals surface area contributed by atoms with Crippen molar-refractivity contribution in [3.05, 3.63) is 29.8 Å². The van der Waals surface area contributed by atoms with Crippen LogP contribution in [0.1, 0.15) is 10.4 Å². The molecule has 0 aliphatic carbocycles. The second-order valence-corrected chi connectivity index (χ2v) is 4.42. The number of nitrogens with two attached hydrogens (primary N) is 1. The summed E-state index contributed by atoms with van der Waals surface area (Å²) in [6.45, 7) is 0.599. The Balaban J connectivity index is 2.32. The highest BCUT2D eigenvalue weighted by molar-refractivity contribution is 5.96. The third-order valence-electron chi connectivity index (χ3n) is 2.80. The van der Waals surface area contributed by atoms with Gasteiger partial charge in [0.25, 0.3) is 5.91 Å². The van der Waals surface area contributed by atoms with Gasteiger partial charge in [-0.25, -0.2) is 0 Å². The maximum Gasteiger partial charge on any atom is 0.251 e. The average Bonchev–Trinajstić information content (AvgIpc) is 2.49. The summed E-state index contributed by atoms with van der Waals surface area (Å²) in [5.41, 5.74) is 6.56. The lowest BCUT2D eigenvalue weighted by molar-refractivity contribution is -0.120. The van der Waals surface area contributed by atoms with E-state index in [0.29, 0.717) is 24.4 Å². The van der Waals surface area contributed by atoms with Crippen molar-refractivity contribution in [3.8, 4) is 0 Å². The van der Waals surface area contributed by atoms with E-state index in [9.17, 15) is 9.59 Å². The number of carbonyl (C=O) groups is 2. The van der Waals surface area contributed by atoms with Crippen LogP contribution in [0.25, 0.3) is 0 Å². The van der Waals surface area contributed by atoms with E-state index >= 15 is 0 Å². The SMILES string of the molecule is COCC(CNC(=O)CNC(=O)c1ccc(N)cc1)OC. The molecule has 116 valence electrons. The maximum absolute atomic E-state index is 11.8. The molecule has 0 aliphatic heterocycles. The molecule has 0 saturated heterocycles. The van der Waals surface area contributed by atoms with Gasteiger partial charge in [0.2, 0.25) is 5.91 Å². The molecule has 0 saturated carbocycles. The standard InChI is InChI=1S/C14H21N3O4/c1-20-9-12(21-2)7-16-13(18)8-17-14(19)10-3-5-11(15)6-4-10/h3-6,12H,7-9,15H2,1-2H3,(H,16,18)(H,17,19). The fourth-order valence-electron chi connectivity index (χ4n) is 1.58. The van der Waals surface area contributed by atoms with Gasteiger partial charge < -0.3 is 25.8 Å². The quantitative estimate of drug-likeness (QED) is 0.575. The van der Waals surface area contributed by atoms with Crippen molar-refractivity contribution in [1.82, 2.24) is 10.6 Å². The van der Waals surface area contributed by atoms with Gasteiger partial charge >= 0.3 is 0 Å². The summed E-state index contributed by atoms with van der Waals surface area (Å²) < 4.78 is 10.0. The Bertz CT molecular complexity index is 462. The summed E-state index contributed by atoms with van der Waals surface area (Å²) >= 11 is 0. The van der Waals surface area contributed by atoms with Crippen molar-refractivity contribution in [3.63, 3.8) is 0 Å². The van der Waals surface area contributed by atoms with Gasteiger partial charge in [0, 0.05) is 32.0 Å². The minimum absolute atomic E-state index is 0.105. The zero-order valence-electron chi connectivity index (χ0n) is 12.2. The molecule has 0 aromatic heterocycles. The van der Waals surface area contributed by atoms with Crippen molar-refractivity contribution in [2.24, 2.45) is 0 Å². The molecular formula is C14H21N3O4. The van der Waals surface area contributed by atoms with Crippen molar-refractivity contribution in [2.75, 3.05) is 39.6 Å². The summed E-state index contributed by atoms with van der Waals surface area (Å²) in [4.78, 5) is 23.4. The maximum atomic E-state index is 11.8. The molecular weight excluding hydrogens is 274 g/mol. The van der Waals surface area contributed by atoms with E-state index in [1.54, 1.807) is 38.5 Å². The number of nitrogens with one attached hydrogen (secondary N) is 2. The molecule has 0 heterocycles. The third kappa shape index (κ3) is 6.24. The number of hydrogen-bond donors (Lipinski definition) is 3. The van der Waals surface area contributed by atoms with Crippen molar-refractivity contribution in [1.29, 1.82) is 0 Å². The average molecular weight is 295 g/mol. The van der Waals surface area contributed by atoms with Crippen molar-refractivity contribution >= 4 is 17.5 Å². The number of hydrogen-bond acceptors (Lipinski definition) is 5. The zero-order chi connectivity index (χ0) is 15.7. The van der Waals surface area contributed by atoms with Crippen LogP contribution in [0, 0.1) is 0 Å². The molecule has 0 radical (unpaired) electrons. The second-order valence-electron chi connectivity index (χ2n) is 4.42. The van der Waals surface area contributed by atoms with Crippen LogP contribution in [0.5, 0.6) is 0 Å². The highest BCUT2D eigenvalue weighted by Gasteiger charge is 2.11. The Morgan fingerprint density at radius 2 is 1.86 bits per heavy atom. The molecule has 21 heavy (non-hydrogen) atoms. The number of methoxy groups -OCH3 is 2. The van der Waals surface area contributed by atoms with E-state index in [0.717, 1.165) is 0 Å². The van der Waals surface area contributed by atoms with Crippen LogP contribution in [-0.4, -0.2) is 51.8 Å². The molecule has 1 atom stereocenters. The van der Waals surface area contributed by atoms with Crippen LogP contribution in [0.15, 0.2) is 24.3 Å². The predicted molar refractivity (Wildman–Crippen MR) is 78.9 cm³/mol. The van der Waals surface area contributed by atoms with Crippen LogP contribution in [0.4, 0.5) is 5.69 Å². The first kappa shape index (κ1) is 16.9. The molecule has 1 rings (SSSR count). The summed E-state index contributed by atoms with van der Waals surface area (Å²) in [5, 5.41) is 5.18. The van der Waals surface area contributed by atoms with Gasteiger partial charge in [-0.15, -0.1) is 0 Å². The van der Waals surface area contributed by atoms with E-state index in [1.807, 2.05) is 0 Å². The molecule has 7 heteroatoms. The highest BCUT2D eigenvalue weighted by atomic mass is 16.5. The number of nitrogen functional groups attached to an aromatic ring is 1. The largest absolute Gasteiger partial charge is 0.399 e. The molecule has 1 aromatic carbocycles. The van der Waals surface area contributed by atoms with Gasteiger partial charge in [-0.1, -0.05) is 0 Å². The smallest absolute Gasteiger partial charge is 0.251 e. The Morgan fingerprint density at radius 1 is 1.19 bits per heavy atom. The molecule has 4 N–H and O–H groups in total. The Morgan fingerprint density at radius 3 is 2.43 bits per heavy atom. The Hall–Kier alpha value is -2.12. The van der Waals surface area contributed by atoms with E-state index in [-0.39, 0.29) is 24.5 Å². The monoisotopic (exact) mass is 295 g/mol. The number of carbonyl (C=O) groups excluding carboxylic acids is 2. The fraction of sp³-hybridized carbons (Fsp3) is 0.429. The van der Waals surface area contributed by atoms with Crippen molar-refractivity contribution in [2.45, 2.75) is 6.10 Å².